The summed E-state index contributed by atoms with van der Waals surface area (Å²) in [7, 11) is 4.20. The maximum Gasteiger partial charge on any atom is 0.0794 e. The molecule has 0 atom stereocenters. The first kappa shape index (κ1) is 13.2. The molecule has 0 spiro atoms. The summed E-state index contributed by atoms with van der Waals surface area (Å²) in [6.45, 7) is 2.78. The van der Waals surface area contributed by atoms with E-state index in [2.05, 4.69) is 53.6 Å². The Morgan fingerprint density at radius 2 is 1.94 bits per heavy atom. The second-order valence-corrected chi connectivity index (χ2v) is 5.55. The molecule has 96 valence electrons. The molecule has 1 aromatic heterocycles. The average Bonchev–Trinajstić information content (AvgIpc) is 2.84. The summed E-state index contributed by atoms with van der Waals surface area (Å²) in [5.41, 5.74) is 4.63. The Morgan fingerprint density at radius 3 is 2.61 bits per heavy atom. The Labute approximate surface area is 112 Å². The zero-order chi connectivity index (χ0) is 12.8. The van der Waals surface area contributed by atoms with Gasteiger partial charge < -0.3 is 10.2 Å². The lowest BCUT2D eigenvalue weighted by molar-refractivity contribution is 0.400. The van der Waals surface area contributed by atoms with Crippen LogP contribution in [0.3, 0.4) is 0 Å². The van der Waals surface area contributed by atoms with Crippen molar-refractivity contribution in [1.82, 2.24) is 15.2 Å². The Kier molecular flexibility index (Phi) is 4.87. The predicted octanol–water partition coefficient (Wildman–Crippen LogP) is 2.49. The number of hydrogen-bond acceptors (Lipinski definition) is 4. The second-order valence-electron chi connectivity index (χ2n) is 4.58. The third-order valence-electron chi connectivity index (χ3n) is 2.70. The number of nitrogens with zero attached hydrogens (tertiary/aromatic N) is 2. The fraction of sp³-hybridized carbons (Fsp3) is 0.357. The molecule has 4 heteroatoms. The van der Waals surface area contributed by atoms with E-state index in [0.29, 0.717) is 0 Å². The van der Waals surface area contributed by atoms with Gasteiger partial charge in [-0.2, -0.15) is 0 Å². The summed E-state index contributed by atoms with van der Waals surface area (Å²) < 4.78 is 0. The van der Waals surface area contributed by atoms with Gasteiger partial charge in [-0.05, 0) is 25.2 Å². The van der Waals surface area contributed by atoms with Crippen LogP contribution in [0.2, 0.25) is 0 Å². The minimum atomic E-state index is 0.890. The summed E-state index contributed by atoms with van der Waals surface area (Å²) in [5, 5.41) is 3.47. The number of benzene rings is 1. The molecule has 0 radical (unpaired) electrons. The molecule has 1 N–H and O–H groups in total. The summed E-state index contributed by atoms with van der Waals surface area (Å²) in [5.74, 6) is 0. The maximum atomic E-state index is 4.08. The SMILES string of the molecule is CN(C)Cc1ccccc1CNCc1cncs1. The highest BCUT2D eigenvalue weighted by Crippen LogP contribution is 2.11. The van der Waals surface area contributed by atoms with Gasteiger partial charge in [0.1, 0.15) is 0 Å². The van der Waals surface area contributed by atoms with Crippen molar-refractivity contribution in [3.63, 3.8) is 0 Å². The van der Waals surface area contributed by atoms with Crippen LogP contribution < -0.4 is 5.32 Å². The molecule has 1 aromatic carbocycles. The van der Waals surface area contributed by atoms with Crippen molar-refractivity contribution >= 4 is 11.3 Å². The molecular weight excluding hydrogens is 242 g/mol. The van der Waals surface area contributed by atoms with Crippen molar-refractivity contribution < 1.29 is 0 Å². The van der Waals surface area contributed by atoms with E-state index >= 15 is 0 Å². The summed E-state index contributed by atoms with van der Waals surface area (Å²) in [4.78, 5) is 7.55. The van der Waals surface area contributed by atoms with Gasteiger partial charge in [0.15, 0.2) is 0 Å². The first-order valence-electron chi connectivity index (χ1n) is 6.05. The van der Waals surface area contributed by atoms with Crippen molar-refractivity contribution in [1.29, 1.82) is 0 Å². The zero-order valence-corrected chi connectivity index (χ0v) is 11.7. The van der Waals surface area contributed by atoms with Gasteiger partial charge in [-0.3, -0.25) is 4.98 Å². The number of thiazole rings is 1. The number of rotatable bonds is 6. The first-order valence-corrected chi connectivity index (χ1v) is 6.93. The molecule has 3 nitrogen and oxygen atoms in total. The quantitative estimate of drug-likeness (QED) is 0.866. The fourth-order valence-corrected chi connectivity index (χ4v) is 2.44. The molecule has 0 saturated heterocycles. The van der Waals surface area contributed by atoms with E-state index in [1.54, 1.807) is 11.3 Å². The van der Waals surface area contributed by atoms with Crippen LogP contribution in [-0.2, 0) is 19.6 Å². The molecule has 0 fully saturated rings. The van der Waals surface area contributed by atoms with Crippen LogP contribution in [0.25, 0.3) is 0 Å². The van der Waals surface area contributed by atoms with Crippen LogP contribution in [0.15, 0.2) is 36.0 Å². The monoisotopic (exact) mass is 261 g/mol. The van der Waals surface area contributed by atoms with E-state index in [1.165, 1.54) is 16.0 Å². The molecule has 1 heterocycles. The van der Waals surface area contributed by atoms with Crippen LogP contribution in [0.4, 0.5) is 0 Å². The largest absolute Gasteiger partial charge is 0.308 e. The molecule has 2 rings (SSSR count). The number of hydrogen-bond donors (Lipinski definition) is 1. The van der Waals surface area contributed by atoms with Crippen LogP contribution in [0.5, 0.6) is 0 Å². The summed E-state index contributed by atoms with van der Waals surface area (Å²) in [6.07, 6.45) is 1.92. The van der Waals surface area contributed by atoms with Gasteiger partial charge in [0.25, 0.3) is 0 Å². The number of aromatic nitrogens is 1. The van der Waals surface area contributed by atoms with E-state index in [-0.39, 0.29) is 0 Å². The van der Waals surface area contributed by atoms with Crippen LogP contribution in [0.1, 0.15) is 16.0 Å². The maximum absolute atomic E-state index is 4.08. The lowest BCUT2D eigenvalue weighted by Crippen LogP contribution is -2.16. The van der Waals surface area contributed by atoms with Gasteiger partial charge in [0, 0.05) is 30.7 Å². The van der Waals surface area contributed by atoms with E-state index in [1.807, 2.05) is 11.7 Å². The van der Waals surface area contributed by atoms with E-state index in [0.717, 1.165) is 19.6 Å². The molecule has 2 aromatic rings. The van der Waals surface area contributed by atoms with Gasteiger partial charge in [0.05, 0.1) is 5.51 Å². The summed E-state index contributed by atoms with van der Waals surface area (Å²) >= 11 is 1.69. The Morgan fingerprint density at radius 1 is 1.17 bits per heavy atom. The van der Waals surface area contributed by atoms with E-state index < -0.39 is 0 Å². The van der Waals surface area contributed by atoms with E-state index in [4.69, 9.17) is 0 Å². The zero-order valence-electron chi connectivity index (χ0n) is 10.9. The van der Waals surface area contributed by atoms with Gasteiger partial charge in [-0.1, -0.05) is 24.3 Å². The Bertz CT molecular complexity index is 466. The molecule has 0 unspecified atom stereocenters. The minimum absolute atomic E-state index is 0.890. The normalized spacial score (nSPS) is 11.1. The lowest BCUT2D eigenvalue weighted by atomic mass is 10.1. The molecule has 0 aliphatic carbocycles. The first-order chi connectivity index (χ1) is 8.75. The van der Waals surface area contributed by atoms with Gasteiger partial charge in [-0.25, -0.2) is 0 Å². The third-order valence-corrected chi connectivity index (χ3v) is 3.48. The Hall–Kier alpha value is -1.23. The van der Waals surface area contributed by atoms with Crippen LogP contribution >= 0.6 is 11.3 Å². The molecule has 18 heavy (non-hydrogen) atoms. The van der Waals surface area contributed by atoms with Gasteiger partial charge >= 0.3 is 0 Å². The molecular formula is C14H19N3S. The smallest absolute Gasteiger partial charge is 0.0794 e. The molecule has 0 saturated carbocycles. The van der Waals surface area contributed by atoms with Crippen molar-refractivity contribution in [2.24, 2.45) is 0 Å². The molecule has 0 aliphatic rings. The van der Waals surface area contributed by atoms with Crippen LogP contribution in [0, 0.1) is 0 Å². The third kappa shape index (κ3) is 3.91. The van der Waals surface area contributed by atoms with Crippen molar-refractivity contribution in [2.75, 3.05) is 14.1 Å². The topological polar surface area (TPSA) is 28.2 Å². The minimum Gasteiger partial charge on any atom is -0.308 e. The van der Waals surface area contributed by atoms with Gasteiger partial charge in [-0.15, -0.1) is 11.3 Å². The number of nitrogens with one attached hydrogen (secondary N) is 1. The predicted molar refractivity (Wildman–Crippen MR) is 76.5 cm³/mol. The fourth-order valence-electron chi connectivity index (χ4n) is 1.87. The average molecular weight is 261 g/mol. The molecule has 0 amide bonds. The second kappa shape index (κ2) is 6.64. The van der Waals surface area contributed by atoms with Crippen molar-refractivity contribution in [2.45, 2.75) is 19.6 Å². The van der Waals surface area contributed by atoms with Crippen molar-refractivity contribution in [3.05, 3.63) is 52.0 Å². The van der Waals surface area contributed by atoms with Crippen LogP contribution in [-0.4, -0.2) is 24.0 Å². The molecule has 0 aliphatic heterocycles. The van der Waals surface area contributed by atoms with E-state index in [9.17, 15) is 0 Å². The summed E-state index contributed by atoms with van der Waals surface area (Å²) in [6, 6.07) is 8.59. The standard InChI is InChI=1S/C14H19N3S/c1-17(2)10-13-6-4-3-5-12(13)7-15-8-14-9-16-11-18-14/h3-6,9,11,15H,7-8,10H2,1-2H3. The highest BCUT2D eigenvalue weighted by molar-refractivity contribution is 7.09. The highest BCUT2D eigenvalue weighted by Gasteiger charge is 2.03. The van der Waals surface area contributed by atoms with Crippen molar-refractivity contribution in [3.8, 4) is 0 Å². The Balaban J connectivity index is 1.92. The van der Waals surface area contributed by atoms with Gasteiger partial charge in [0.2, 0.25) is 0 Å². The highest BCUT2D eigenvalue weighted by atomic mass is 32.1. The lowest BCUT2D eigenvalue weighted by Gasteiger charge is -2.14. The molecule has 0 bridgehead atoms.